The van der Waals surface area contributed by atoms with Gasteiger partial charge in [-0.1, -0.05) is 38.1 Å². The van der Waals surface area contributed by atoms with E-state index < -0.39 is 0 Å². The van der Waals surface area contributed by atoms with E-state index in [-0.39, 0.29) is 11.7 Å². The van der Waals surface area contributed by atoms with Gasteiger partial charge in [0.2, 0.25) is 0 Å². The number of carbonyl (C=O) groups is 1. The van der Waals surface area contributed by atoms with Crippen molar-refractivity contribution in [1.82, 2.24) is 0 Å². The Kier molecular flexibility index (Phi) is 2.96. The quantitative estimate of drug-likeness (QED) is 0.556. The molecule has 0 amide bonds. The topological polar surface area (TPSA) is 40.9 Å². The Morgan fingerprint density at radius 3 is 2.23 bits per heavy atom. The molecule has 68 valence electrons. The molecule has 0 saturated carbocycles. The lowest BCUT2D eigenvalue weighted by molar-refractivity contribution is 0.0939. The molecule has 0 atom stereocenters. The normalized spacial score (nSPS) is 10.1. The van der Waals surface area contributed by atoms with Crippen molar-refractivity contribution in [1.29, 1.82) is 5.41 Å². The van der Waals surface area contributed by atoms with Gasteiger partial charge in [0, 0.05) is 17.7 Å². The summed E-state index contributed by atoms with van der Waals surface area (Å²) in [6.07, 6.45) is 1.27. The summed E-state index contributed by atoms with van der Waals surface area (Å²) in [5, 5.41) is 7.00. The van der Waals surface area contributed by atoms with E-state index in [4.69, 9.17) is 5.41 Å². The van der Waals surface area contributed by atoms with E-state index in [2.05, 4.69) is 0 Å². The van der Waals surface area contributed by atoms with Crippen LogP contribution >= 0.6 is 0 Å². The molecule has 2 nitrogen and oxygen atoms in total. The Labute approximate surface area is 78.1 Å². The zero-order chi connectivity index (χ0) is 9.84. The maximum atomic E-state index is 11.5. The van der Waals surface area contributed by atoms with Gasteiger partial charge in [-0.3, -0.25) is 4.79 Å². The number of Topliss-reactive ketones (excluding diaryl/α,β-unsaturated/α-hetero) is 1. The lowest BCUT2D eigenvalue weighted by Crippen LogP contribution is -2.06. The molecule has 13 heavy (non-hydrogen) atoms. The van der Waals surface area contributed by atoms with E-state index in [1.807, 2.05) is 13.8 Å². The molecule has 1 rings (SSSR count). The lowest BCUT2D eigenvalue weighted by atomic mass is 10.0. The Hall–Kier alpha value is -1.44. The van der Waals surface area contributed by atoms with Gasteiger partial charge in [-0.25, -0.2) is 0 Å². The molecule has 2 heteroatoms. The Morgan fingerprint density at radius 1 is 1.31 bits per heavy atom. The predicted molar refractivity (Wildman–Crippen MR) is 53.5 cm³/mol. The number of rotatable bonds is 3. The van der Waals surface area contributed by atoms with Crippen LogP contribution in [0.5, 0.6) is 0 Å². The van der Waals surface area contributed by atoms with Gasteiger partial charge in [-0.05, 0) is 5.56 Å². The Morgan fingerprint density at radius 2 is 1.85 bits per heavy atom. The van der Waals surface area contributed by atoms with E-state index in [1.54, 1.807) is 24.3 Å². The molecule has 0 fully saturated rings. The van der Waals surface area contributed by atoms with Gasteiger partial charge in [-0.2, -0.15) is 0 Å². The number of nitrogens with one attached hydrogen (secondary N) is 1. The molecule has 0 aliphatic carbocycles. The number of ketones is 1. The Balaban J connectivity index is 2.92. The van der Waals surface area contributed by atoms with Crippen molar-refractivity contribution in [3.8, 4) is 0 Å². The number of hydrogen-bond acceptors (Lipinski definition) is 2. The van der Waals surface area contributed by atoms with Crippen molar-refractivity contribution in [3.05, 3.63) is 35.4 Å². The molecule has 0 saturated heterocycles. The fraction of sp³-hybridized carbons (Fsp3) is 0.273. The SMILES string of the molecule is CC(C)C(=O)c1ccc(C=N)cc1. The minimum absolute atomic E-state index is 0.0332. The molecular formula is C11H13NO. The predicted octanol–water partition coefficient (Wildman–Crippen LogP) is 2.52. The second-order valence-corrected chi connectivity index (χ2v) is 3.29. The molecule has 1 N–H and O–H groups in total. The molecule has 0 aromatic heterocycles. The maximum Gasteiger partial charge on any atom is 0.165 e. The minimum atomic E-state index is 0.0332. The molecule has 0 heterocycles. The molecular weight excluding hydrogens is 162 g/mol. The maximum absolute atomic E-state index is 11.5. The summed E-state index contributed by atoms with van der Waals surface area (Å²) in [5.74, 6) is 0.183. The van der Waals surface area contributed by atoms with Gasteiger partial charge < -0.3 is 5.41 Å². The second-order valence-electron chi connectivity index (χ2n) is 3.29. The van der Waals surface area contributed by atoms with Crippen LogP contribution in [-0.4, -0.2) is 12.0 Å². The molecule has 0 unspecified atom stereocenters. The van der Waals surface area contributed by atoms with Crippen LogP contribution in [0.4, 0.5) is 0 Å². The molecule has 1 aromatic carbocycles. The number of benzene rings is 1. The van der Waals surface area contributed by atoms with Gasteiger partial charge in [0.25, 0.3) is 0 Å². The van der Waals surface area contributed by atoms with Gasteiger partial charge in [0.05, 0.1) is 0 Å². The van der Waals surface area contributed by atoms with Crippen molar-refractivity contribution >= 4 is 12.0 Å². The molecule has 1 aromatic rings. The summed E-state index contributed by atoms with van der Waals surface area (Å²) < 4.78 is 0. The molecule has 0 bridgehead atoms. The van der Waals surface area contributed by atoms with E-state index in [0.717, 1.165) is 11.1 Å². The summed E-state index contributed by atoms with van der Waals surface area (Å²) in [5.41, 5.74) is 1.54. The summed E-state index contributed by atoms with van der Waals surface area (Å²) >= 11 is 0. The first-order valence-electron chi connectivity index (χ1n) is 4.30. The molecule has 0 radical (unpaired) electrons. The van der Waals surface area contributed by atoms with Crippen molar-refractivity contribution in [3.63, 3.8) is 0 Å². The highest BCUT2D eigenvalue weighted by molar-refractivity contribution is 5.97. The third kappa shape index (κ3) is 2.25. The van der Waals surface area contributed by atoms with Crippen LogP contribution in [0.25, 0.3) is 0 Å². The highest BCUT2D eigenvalue weighted by atomic mass is 16.1. The second kappa shape index (κ2) is 3.99. The fourth-order valence-corrected chi connectivity index (χ4v) is 1.08. The standard InChI is InChI=1S/C11H13NO/c1-8(2)11(13)10-5-3-9(7-12)4-6-10/h3-8,12H,1-2H3. The van der Waals surface area contributed by atoms with E-state index in [0.29, 0.717) is 0 Å². The first-order valence-corrected chi connectivity index (χ1v) is 4.30. The highest BCUT2D eigenvalue weighted by Crippen LogP contribution is 2.08. The summed E-state index contributed by atoms with van der Waals surface area (Å²) in [6, 6.07) is 7.09. The van der Waals surface area contributed by atoms with E-state index in [1.165, 1.54) is 6.21 Å². The fourth-order valence-electron chi connectivity index (χ4n) is 1.08. The number of carbonyl (C=O) groups excluding carboxylic acids is 1. The van der Waals surface area contributed by atoms with Crippen LogP contribution in [0.2, 0.25) is 0 Å². The van der Waals surface area contributed by atoms with Crippen molar-refractivity contribution in [2.45, 2.75) is 13.8 Å². The summed E-state index contributed by atoms with van der Waals surface area (Å²) in [4.78, 5) is 11.5. The first-order chi connectivity index (χ1) is 6.15. The van der Waals surface area contributed by atoms with Crippen LogP contribution in [-0.2, 0) is 0 Å². The van der Waals surface area contributed by atoms with E-state index >= 15 is 0 Å². The minimum Gasteiger partial charge on any atom is -0.308 e. The first kappa shape index (κ1) is 9.65. The van der Waals surface area contributed by atoms with Crippen LogP contribution in [0.1, 0.15) is 29.8 Å². The molecule has 0 aliphatic rings. The van der Waals surface area contributed by atoms with Gasteiger partial charge in [0.15, 0.2) is 5.78 Å². The third-order valence-corrected chi connectivity index (χ3v) is 1.89. The smallest absolute Gasteiger partial charge is 0.165 e. The van der Waals surface area contributed by atoms with Crippen LogP contribution < -0.4 is 0 Å². The summed E-state index contributed by atoms with van der Waals surface area (Å²) in [7, 11) is 0. The van der Waals surface area contributed by atoms with Crippen LogP contribution in [0.15, 0.2) is 24.3 Å². The highest BCUT2D eigenvalue weighted by Gasteiger charge is 2.08. The van der Waals surface area contributed by atoms with Crippen LogP contribution in [0.3, 0.4) is 0 Å². The zero-order valence-corrected chi connectivity index (χ0v) is 7.87. The third-order valence-electron chi connectivity index (χ3n) is 1.89. The lowest BCUT2D eigenvalue weighted by Gasteiger charge is -2.03. The summed E-state index contributed by atoms with van der Waals surface area (Å²) in [6.45, 7) is 3.76. The zero-order valence-electron chi connectivity index (χ0n) is 7.87. The average molecular weight is 175 g/mol. The monoisotopic (exact) mass is 175 g/mol. The van der Waals surface area contributed by atoms with Crippen molar-refractivity contribution in [2.24, 2.45) is 5.92 Å². The number of hydrogen-bond donors (Lipinski definition) is 1. The van der Waals surface area contributed by atoms with Crippen LogP contribution in [0, 0.1) is 11.3 Å². The molecule has 0 aliphatic heterocycles. The Bertz CT molecular complexity index is 311. The van der Waals surface area contributed by atoms with Crippen molar-refractivity contribution in [2.75, 3.05) is 0 Å². The largest absolute Gasteiger partial charge is 0.308 e. The van der Waals surface area contributed by atoms with Gasteiger partial charge >= 0.3 is 0 Å². The van der Waals surface area contributed by atoms with Crippen molar-refractivity contribution < 1.29 is 4.79 Å². The average Bonchev–Trinajstić information content (AvgIpc) is 2.17. The van der Waals surface area contributed by atoms with Gasteiger partial charge in [0.1, 0.15) is 0 Å². The van der Waals surface area contributed by atoms with E-state index in [9.17, 15) is 4.79 Å². The van der Waals surface area contributed by atoms with Gasteiger partial charge in [-0.15, -0.1) is 0 Å². The molecule has 0 spiro atoms.